The highest BCUT2D eigenvalue weighted by Crippen LogP contribution is 2.23. The fourth-order valence-electron chi connectivity index (χ4n) is 4.06. The van der Waals surface area contributed by atoms with Crippen molar-refractivity contribution in [2.75, 3.05) is 11.9 Å². The number of benzene rings is 1. The molecule has 8 nitrogen and oxygen atoms in total. The van der Waals surface area contributed by atoms with Crippen molar-refractivity contribution in [3.05, 3.63) is 59.7 Å². The largest absolute Gasteiger partial charge is 0.339 e. The summed E-state index contributed by atoms with van der Waals surface area (Å²) in [6.07, 6.45) is 5.53. The molecule has 2 aliphatic heterocycles. The van der Waals surface area contributed by atoms with E-state index in [1.165, 1.54) is 0 Å². The number of hydrogen-bond acceptors (Lipinski definition) is 5. The number of allylic oxidation sites excluding steroid dienone is 1. The van der Waals surface area contributed by atoms with E-state index in [2.05, 4.69) is 15.4 Å². The molecule has 0 aliphatic carbocycles. The Hall–Kier alpha value is -3.42. The predicted octanol–water partition coefficient (Wildman–Crippen LogP) is 2.60. The third kappa shape index (κ3) is 4.52. The predicted molar refractivity (Wildman–Crippen MR) is 119 cm³/mol. The second kappa shape index (κ2) is 8.75. The summed E-state index contributed by atoms with van der Waals surface area (Å²) >= 11 is 0. The lowest BCUT2D eigenvalue weighted by atomic mass is 10.1. The standard InChI is InChI=1S/C23H28N6O2/c1-16-9-10-19(26-29(13-16)14-18-7-5-4-6-8-18)21(30)25-20-11-12-28-15-24-17(2)22(28)27(3)23(20)31/h4-8,13,15,20H,9-12,14H2,1-3H3,(H,25,30). The Balaban J connectivity index is 1.49. The lowest BCUT2D eigenvalue weighted by Gasteiger charge is -2.22. The number of nitrogens with zero attached hydrogens (tertiary/aromatic N) is 5. The topological polar surface area (TPSA) is 82.8 Å². The first-order valence-corrected chi connectivity index (χ1v) is 10.6. The normalized spacial score (nSPS) is 19.2. The summed E-state index contributed by atoms with van der Waals surface area (Å²) in [5, 5.41) is 9.37. The van der Waals surface area contributed by atoms with Gasteiger partial charge >= 0.3 is 0 Å². The van der Waals surface area contributed by atoms with E-state index in [9.17, 15) is 9.59 Å². The minimum atomic E-state index is -0.598. The Morgan fingerprint density at radius 2 is 1.97 bits per heavy atom. The maximum Gasteiger partial charge on any atom is 0.268 e. The smallest absolute Gasteiger partial charge is 0.268 e. The molecule has 1 aromatic carbocycles. The van der Waals surface area contributed by atoms with Crippen LogP contribution in [0.5, 0.6) is 0 Å². The van der Waals surface area contributed by atoms with Crippen molar-refractivity contribution in [2.24, 2.45) is 5.10 Å². The minimum absolute atomic E-state index is 0.139. The van der Waals surface area contributed by atoms with Gasteiger partial charge in [-0.1, -0.05) is 35.9 Å². The number of hydrogen-bond donors (Lipinski definition) is 1. The van der Waals surface area contributed by atoms with Gasteiger partial charge in [0.1, 0.15) is 17.6 Å². The molecule has 0 fully saturated rings. The summed E-state index contributed by atoms with van der Waals surface area (Å²) in [5.41, 5.74) is 3.52. The number of amides is 2. The van der Waals surface area contributed by atoms with Crippen LogP contribution in [-0.4, -0.2) is 45.2 Å². The number of imidazole rings is 1. The molecular weight excluding hydrogens is 392 g/mol. The fourth-order valence-corrected chi connectivity index (χ4v) is 4.06. The van der Waals surface area contributed by atoms with E-state index in [4.69, 9.17) is 0 Å². The van der Waals surface area contributed by atoms with Gasteiger partial charge in [0.15, 0.2) is 0 Å². The number of nitrogens with one attached hydrogen (secondary N) is 1. The van der Waals surface area contributed by atoms with Crippen molar-refractivity contribution in [3.8, 4) is 0 Å². The summed E-state index contributed by atoms with van der Waals surface area (Å²) in [6.45, 7) is 5.13. The van der Waals surface area contributed by atoms with Crippen LogP contribution < -0.4 is 10.2 Å². The minimum Gasteiger partial charge on any atom is -0.339 e. The number of carbonyl (C=O) groups is 2. The number of likely N-dealkylation sites (N-methyl/N-ethyl adjacent to an activating group) is 1. The van der Waals surface area contributed by atoms with E-state index < -0.39 is 6.04 Å². The average molecular weight is 421 g/mol. The summed E-state index contributed by atoms with van der Waals surface area (Å²) in [7, 11) is 1.73. The van der Waals surface area contributed by atoms with Gasteiger partial charge in [-0.3, -0.25) is 19.5 Å². The molecule has 1 atom stereocenters. The molecule has 1 aromatic heterocycles. The number of fused-ring (bicyclic) bond motifs is 1. The van der Waals surface area contributed by atoms with Crippen LogP contribution in [0.25, 0.3) is 0 Å². The van der Waals surface area contributed by atoms with Gasteiger partial charge in [-0.15, -0.1) is 0 Å². The van der Waals surface area contributed by atoms with Crippen molar-refractivity contribution in [3.63, 3.8) is 0 Å². The number of aromatic nitrogens is 2. The zero-order valence-electron chi connectivity index (χ0n) is 18.2. The molecule has 0 spiro atoms. The number of rotatable bonds is 4. The van der Waals surface area contributed by atoms with E-state index in [0.29, 0.717) is 31.6 Å². The Labute approximate surface area is 182 Å². The number of anilines is 1. The molecule has 1 unspecified atom stereocenters. The van der Waals surface area contributed by atoms with Gasteiger partial charge in [-0.2, -0.15) is 5.10 Å². The maximum absolute atomic E-state index is 13.1. The summed E-state index contributed by atoms with van der Waals surface area (Å²) < 4.78 is 1.96. The maximum atomic E-state index is 13.1. The molecule has 0 saturated carbocycles. The molecule has 1 N–H and O–H groups in total. The number of carbonyl (C=O) groups excluding carboxylic acids is 2. The van der Waals surface area contributed by atoms with E-state index in [-0.39, 0.29) is 11.8 Å². The van der Waals surface area contributed by atoms with Gasteiger partial charge in [0, 0.05) is 26.2 Å². The Morgan fingerprint density at radius 1 is 1.19 bits per heavy atom. The van der Waals surface area contributed by atoms with Crippen molar-refractivity contribution in [1.29, 1.82) is 0 Å². The van der Waals surface area contributed by atoms with Gasteiger partial charge in [0.25, 0.3) is 11.8 Å². The first-order valence-electron chi connectivity index (χ1n) is 10.6. The monoisotopic (exact) mass is 420 g/mol. The zero-order chi connectivity index (χ0) is 22.0. The van der Waals surface area contributed by atoms with Crippen molar-refractivity contribution < 1.29 is 9.59 Å². The Bertz CT molecular complexity index is 1040. The molecular formula is C23H28N6O2. The van der Waals surface area contributed by atoms with E-state index >= 15 is 0 Å². The van der Waals surface area contributed by atoms with Crippen molar-refractivity contribution in [1.82, 2.24) is 19.9 Å². The van der Waals surface area contributed by atoms with Gasteiger partial charge < -0.3 is 9.88 Å². The Morgan fingerprint density at radius 3 is 2.74 bits per heavy atom. The molecule has 2 aromatic rings. The second-order valence-electron chi connectivity index (χ2n) is 8.16. The summed E-state index contributed by atoms with van der Waals surface area (Å²) in [5.74, 6) is 0.358. The van der Waals surface area contributed by atoms with E-state index in [1.54, 1.807) is 18.3 Å². The zero-order valence-corrected chi connectivity index (χ0v) is 18.2. The average Bonchev–Trinajstić information content (AvgIpc) is 2.95. The lowest BCUT2D eigenvalue weighted by Crippen LogP contribution is -2.49. The molecule has 4 rings (SSSR count). The van der Waals surface area contributed by atoms with Crippen LogP contribution in [0, 0.1) is 6.92 Å². The molecule has 0 bridgehead atoms. The van der Waals surface area contributed by atoms with Crippen LogP contribution in [-0.2, 0) is 22.7 Å². The van der Waals surface area contributed by atoms with E-state index in [1.807, 2.05) is 60.0 Å². The van der Waals surface area contributed by atoms with Crippen LogP contribution >= 0.6 is 0 Å². The third-order valence-electron chi connectivity index (χ3n) is 5.72. The quantitative estimate of drug-likeness (QED) is 0.824. The highest BCUT2D eigenvalue weighted by molar-refractivity contribution is 6.39. The Kier molecular flexibility index (Phi) is 5.88. The molecule has 0 saturated heterocycles. The van der Waals surface area contributed by atoms with Crippen LogP contribution in [0.4, 0.5) is 5.82 Å². The second-order valence-corrected chi connectivity index (χ2v) is 8.16. The summed E-state index contributed by atoms with van der Waals surface area (Å²) in [4.78, 5) is 32.0. The molecule has 2 amide bonds. The van der Waals surface area contributed by atoms with Gasteiger partial charge in [-0.25, -0.2) is 4.98 Å². The molecule has 162 valence electrons. The number of hydrazone groups is 1. The highest BCUT2D eigenvalue weighted by atomic mass is 16.2. The van der Waals surface area contributed by atoms with Crippen LogP contribution in [0.1, 0.15) is 37.4 Å². The first kappa shape index (κ1) is 20.8. The van der Waals surface area contributed by atoms with Crippen LogP contribution in [0.3, 0.4) is 0 Å². The fraction of sp³-hybridized carbons (Fsp3) is 0.391. The first-order chi connectivity index (χ1) is 14.9. The van der Waals surface area contributed by atoms with Gasteiger partial charge in [-0.05, 0) is 32.3 Å². The van der Waals surface area contributed by atoms with Crippen molar-refractivity contribution in [2.45, 2.75) is 52.2 Å². The third-order valence-corrected chi connectivity index (χ3v) is 5.72. The highest BCUT2D eigenvalue weighted by Gasteiger charge is 2.32. The molecule has 8 heteroatoms. The van der Waals surface area contributed by atoms with Crippen molar-refractivity contribution >= 4 is 23.3 Å². The van der Waals surface area contributed by atoms with Gasteiger partial charge in [0.2, 0.25) is 0 Å². The molecule has 0 radical (unpaired) electrons. The van der Waals surface area contributed by atoms with Crippen LogP contribution in [0.15, 0.2) is 53.5 Å². The summed E-state index contributed by atoms with van der Waals surface area (Å²) in [6, 6.07) is 9.43. The molecule has 3 heterocycles. The lowest BCUT2D eigenvalue weighted by molar-refractivity contribution is -0.124. The molecule has 2 aliphatic rings. The van der Waals surface area contributed by atoms with Crippen LogP contribution in [0.2, 0.25) is 0 Å². The number of aryl methyl sites for hydroxylation is 2. The SMILES string of the molecule is CC1=CN(Cc2ccccc2)N=C(C(=O)NC2CCn3cnc(C)c3N(C)C2=O)CC1. The molecule has 31 heavy (non-hydrogen) atoms. The van der Waals surface area contributed by atoms with Gasteiger partial charge in [0.05, 0.1) is 18.6 Å². The van der Waals surface area contributed by atoms with E-state index in [0.717, 1.165) is 29.1 Å².